The molecule has 0 fully saturated rings. The Kier molecular flexibility index (Phi) is 7.22. The SMILES string of the molecule is CC(C)(C)c1ccc(O)c(NC(=O)CCCOCCc2ccccc2)c1. The number of amides is 1. The number of hydrogen-bond donors (Lipinski definition) is 2. The van der Waals surface area contributed by atoms with Gasteiger partial charge in [0.15, 0.2) is 0 Å². The third-order valence-corrected chi connectivity index (χ3v) is 4.21. The predicted molar refractivity (Wildman–Crippen MR) is 106 cm³/mol. The number of nitrogens with one attached hydrogen (secondary N) is 1. The van der Waals surface area contributed by atoms with E-state index in [4.69, 9.17) is 4.74 Å². The molecule has 0 aliphatic heterocycles. The molecular formula is C22H29NO3. The van der Waals surface area contributed by atoms with Crippen molar-refractivity contribution in [1.82, 2.24) is 0 Å². The van der Waals surface area contributed by atoms with E-state index < -0.39 is 0 Å². The lowest BCUT2D eigenvalue weighted by Gasteiger charge is -2.20. The van der Waals surface area contributed by atoms with Crippen LogP contribution in [0.5, 0.6) is 5.75 Å². The number of anilines is 1. The standard InChI is InChI=1S/C22H29NO3/c1-22(2,3)18-11-12-20(24)19(16-18)23-21(25)10-7-14-26-15-13-17-8-5-4-6-9-17/h4-6,8-9,11-12,16,24H,7,10,13-15H2,1-3H3,(H,23,25). The summed E-state index contributed by atoms with van der Waals surface area (Å²) in [4.78, 5) is 12.1. The van der Waals surface area contributed by atoms with Crippen LogP contribution in [0, 0.1) is 0 Å². The molecule has 0 saturated carbocycles. The molecular weight excluding hydrogens is 326 g/mol. The van der Waals surface area contributed by atoms with Gasteiger partial charge in [0, 0.05) is 13.0 Å². The summed E-state index contributed by atoms with van der Waals surface area (Å²) in [6.07, 6.45) is 1.89. The van der Waals surface area contributed by atoms with Gasteiger partial charge in [-0.05, 0) is 41.5 Å². The molecule has 2 rings (SSSR count). The van der Waals surface area contributed by atoms with Gasteiger partial charge < -0.3 is 15.2 Å². The zero-order chi connectivity index (χ0) is 19.0. The molecule has 0 aliphatic carbocycles. The second kappa shape index (κ2) is 9.39. The van der Waals surface area contributed by atoms with Gasteiger partial charge in [-0.3, -0.25) is 4.79 Å². The van der Waals surface area contributed by atoms with E-state index in [-0.39, 0.29) is 17.1 Å². The zero-order valence-electron chi connectivity index (χ0n) is 15.9. The number of benzene rings is 2. The molecule has 0 saturated heterocycles. The fraction of sp³-hybridized carbons (Fsp3) is 0.409. The van der Waals surface area contributed by atoms with Crippen molar-refractivity contribution < 1.29 is 14.6 Å². The Balaban J connectivity index is 1.70. The van der Waals surface area contributed by atoms with E-state index in [1.807, 2.05) is 30.3 Å². The van der Waals surface area contributed by atoms with Gasteiger partial charge in [0.25, 0.3) is 0 Å². The molecule has 4 heteroatoms. The van der Waals surface area contributed by atoms with E-state index in [0.29, 0.717) is 31.7 Å². The average Bonchev–Trinajstić information content (AvgIpc) is 2.60. The highest BCUT2D eigenvalue weighted by molar-refractivity contribution is 5.92. The Bertz CT molecular complexity index is 705. The number of phenolic OH excluding ortho intramolecular Hbond substituents is 1. The smallest absolute Gasteiger partial charge is 0.224 e. The minimum absolute atomic E-state index is 0.0419. The highest BCUT2D eigenvalue weighted by Gasteiger charge is 2.16. The normalized spacial score (nSPS) is 11.3. The maximum atomic E-state index is 12.1. The molecule has 0 aromatic heterocycles. The van der Waals surface area contributed by atoms with E-state index in [2.05, 4.69) is 38.2 Å². The largest absolute Gasteiger partial charge is 0.506 e. The van der Waals surface area contributed by atoms with Crippen LogP contribution in [0.15, 0.2) is 48.5 Å². The summed E-state index contributed by atoms with van der Waals surface area (Å²) in [5, 5.41) is 12.8. The van der Waals surface area contributed by atoms with Gasteiger partial charge in [-0.15, -0.1) is 0 Å². The lowest BCUT2D eigenvalue weighted by atomic mass is 9.87. The van der Waals surface area contributed by atoms with Gasteiger partial charge in [-0.2, -0.15) is 0 Å². The van der Waals surface area contributed by atoms with E-state index in [9.17, 15) is 9.90 Å². The quantitative estimate of drug-likeness (QED) is 0.534. The van der Waals surface area contributed by atoms with Crippen LogP contribution in [0.25, 0.3) is 0 Å². The lowest BCUT2D eigenvalue weighted by Crippen LogP contribution is -2.15. The molecule has 1 amide bonds. The first kappa shape index (κ1) is 20.0. The molecule has 0 atom stereocenters. The first-order chi connectivity index (χ1) is 12.4. The molecule has 26 heavy (non-hydrogen) atoms. The number of rotatable bonds is 8. The third kappa shape index (κ3) is 6.52. The van der Waals surface area contributed by atoms with Crippen LogP contribution in [0.1, 0.15) is 44.7 Å². The minimum atomic E-state index is -0.113. The Morgan fingerprint density at radius 1 is 1.08 bits per heavy atom. The summed E-state index contributed by atoms with van der Waals surface area (Å²) in [5.41, 5.74) is 2.74. The van der Waals surface area contributed by atoms with Crippen molar-refractivity contribution in [2.75, 3.05) is 18.5 Å². The van der Waals surface area contributed by atoms with Crippen LogP contribution in [0.2, 0.25) is 0 Å². The third-order valence-electron chi connectivity index (χ3n) is 4.21. The van der Waals surface area contributed by atoms with E-state index in [1.165, 1.54) is 5.56 Å². The van der Waals surface area contributed by atoms with Crippen molar-refractivity contribution in [2.45, 2.75) is 45.4 Å². The maximum Gasteiger partial charge on any atom is 0.224 e. The van der Waals surface area contributed by atoms with Crippen LogP contribution in [-0.4, -0.2) is 24.2 Å². The molecule has 0 heterocycles. The van der Waals surface area contributed by atoms with Gasteiger partial charge in [0.1, 0.15) is 5.75 Å². The minimum Gasteiger partial charge on any atom is -0.506 e. The molecule has 2 aromatic carbocycles. The molecule has 2 N–H and O–H groups in total. The van der Waals surface area contributed by atoms with Crippen molar-refractivity contribution in [3.05, 3.63) is 59.7 Å². The van der Waals surface area contributed by atoms with Crippen molar-refractivity contribution in [3.63, 3.8) is 0 Å². The van der Waals surface area contributed by atoms with Crippen molar-refractivity contribution in [1.29, 1.82) is 0 Å². The fourth-order valence-corrected chi connectivity index (χ4v) is 2.59. The van der Waals surface area contributed by atoms with E-state index in [0.717, 1.165) is 12.0 Å². The molecule has 0 aliphatic rings. The number of carbonyl (C=O) groups is 1. The summed E-state index contributed by atoms with van der Waals surface area (Å²) < 4.78 is 5.60. The maximum absolute atomic E-state index is 12.1. The van der Waals surface area contributed by atoms with Crippen molar-refractivity contribution >= 4 is 11.6 Å². The lowest BCUT2D eigenvalue weighted by molar-refractivity contribution is -0.116. The van der Waals surface area contributed by atoms with E-state index in [1.54, 1.807) is 6.07 Å². The molecule has 140 valence electrons. The van der Waals surface area contributed by atoms with Gasteiger partial charge in [-0.1, -0.05) is 57.2 Å². The molecule has 0 bridgehead atoms. The highest BCUT2D eigenvalue weighted by atomic mass is 16.5. The summed E-state index contributed by atoms with van der Waals surface area (Å²) in [6.45, 7) is 7.49. The first-order valence-electron chi connectivity index (χ1n) is 9.11. The number of aromatic hydroxyl groups is 1. The summed E-state index contributed by atoms with van der Waals surface area (Å²) in [7, 11) is 0. The van der Waals surface area contributed by atoms with Gasteiger partial charge in [-0.25, -0.2) is 0 Å². The van der Waals surface area contributed by atoms with Crippen LogP contribution in [-0.2, 0) is 21.4 Å². The number of phenols is 1. The summed E-state index contributed by atoms with van der Waals surface area (Å²) in [5.74, 6) is -0.0246. The zero-order valence-corrected chi connectivity index (χ0v) is 15.9. The number of hydrogen-bond acceptors (Lipinski definition) is 3. The molecule has 4 nitrogen and oxygen atoms in total. The average molecular weight is 355 g/mol. The molecule has 2 aromatic rings. The fourth-order valence-electron chi connectivity index (χ4n) is 2.59. The predicted octanol–water partition coefficient (Wildman–Crippen LogP) is 4.67. The van der Waals surface area contributed by atoms with E-state index >= 15 is 0 Å². The first-order valence-corrected chi connectivity index (χ1v) is 9.11. The van der Waals surface area contributed by atoms with Crippen LogP contribution in [0.4, 0.5) is 5.69 Å². The van der Waals surface area contributed by atoms with Gasteiger partial charge in [0.2, 0.25) is 5.91 Å². The van der Waals surface area contributed by atoms with Crippen LogP contribution >= 0.6 is 0 Å². The van der Waals surface area contributed by atoms with Crippen LogP contribution < -0.4 is 5.32 Å². The summed E-state index contributed by atoms with van der Waals surface area (Å²) in [6, 6.07) is 15.5. The Morgan fingerprint density at radius 2 is 1.81 bits per heavy atom. The summed E-state index contributed by atoms with van der Waals surface area (Å²) >= 11 is 0. The Labute approximate surface area is 156 Å². The van der Waals surface area contributed by atoms with Crippen molar-refractivity contribution in [2.24, 2.45) is 0 Å². The second-order valence-corrected chi connectivity index (χ2v) is 7.48. The number of ether oxygens (including phenoxy) is 1. The highest BCUT2D eigenvalue weighted by Crippen LogP contribution is 2.30. The number of carbonyl (C=O) groups excluding carboxylic acids is 1. The molecule has 0 unspecified atom stereocenters. The monoisotopic (exact) mass is 355 g/mol. The second-order valence-electron chi connectivity index (χ2n) is 7.48. The van der Waals surface area contributed by atoms with Crippen LogP contribution in [0.3, 0.4) is 0 Å². The topological polar surface area (TPSA) is 58.6 Å². The van der Waals surface area contributed by atoms with Crippen molar-refractivity contribution in [3.8, 4) is 5.75 Å². The Morgan fingerprint density at radius 3 is 2.50 bits per heavy atom. The molecule has 0 radical (unpaired) electrons. The van der Waals surface area contributed by atoms with Gasteiger partial charge >= 0.3 is 0 Å². The van der Waals surface area contributed by atoms with Gasteiger partial charge in [0.05, 0.1) is 12.3 Å². The molecule has 0 spiro atoms. The Hall–Kier alpha value is -2.33.